The Labute approximate surface area is 190 Å². The third kappa shape index (κ3) is 4.35. The molecule has 0 saturated carbocycles. The molecule has 2 aliphatic heterocycles. The number of anilines is 2. The van der Waals surface area contributed by atoms with Crippen molar-refractivity contribution in [3.05, 3.63) is 40.6 Å². The van der Waals surface area contributed by atoms with Crippen LogP contribution in [-0.4, -0.2) is 81.1 Å². The van der Waals surface area contributed by atoms with Crippen molar-refractivity contribution >= 4 is 29.6 Å². The third-order valence-electron chi connectivity index (χ3n) is 5.88. The van der Waals surface area contributed by atoms with E-state index < -0.39 is 35.4 Å². The van der Waals surface area contributed by atoms with E-state index in [1.165, 1.54) is 6.07 Å². The molecule has 0 bridgehead atoms. The maximum atomic E-state index is 13.9. The van der Waals surface area contributed by atoms with E-state index in [4.69, 9.17) is 0 Å². The maximum Gasteiger partial charge on any atom is 0.432 e. The normalized spacial score (nSPS) is 16.5. The van der Waals surface area contributed by atoms with Gasteiger partial charge in [0.05, 0.1) is 29.9 Å². The average Bonchev–Trinajstić information content (AvgIpc) is 3.34. The average molecular weight is 482 g/mol. The van der Waals surface area contributed by atoms with Gasteiger partial charge < -0.3 is 25.3 Å². The predicted octanol–water partition coefficient (Wildman–Crippen LogP) is 2.43. The topological polar surface area (TPSA) is 131 Å². The highest BCUT2D eigenvalue weighted by atomic mass is 19.4. The predicted molar refractivity (Wildman–Crippen MR) is 112 cm³/mol. The van der Waals surface area contributed by atoms with Crippen LogP contribution in [0.15, 0.2) is 18.2 Å². The highest BCUT2D eigenvalue weighted by Gasteiger charge is 2.37. The van der Waals surface area contributed by atoms with Gasteiger partial charge >= 0.3 is 18.4 Å². The summed E-state index contributed by atoms with van der Waals surface area (Å²) in [4.78, 5) is 40.3. The fourth-order valence-corrected chi connectivity index (χ4v) is 4.04. The van der Waals surface area contributed by atoms with Crippen LogP contribution in [0.25, 0.3) is 0 Å². The van der Waals surface area contributed by atoms with Crippen LogP contribution in [0, 0.1) is 0 Å². The molecule has 0 atom stereocenters. The molecule has 4 rings (SSSR count). The third-order valence-corrected chi connectivity index (χ3v) is 5.88. The summed E-state index contributed by atoms with van der Waals surface area (Å²) in [5.74, 6) is -1.44. The van der Waals surface area contributed by atoms with E-state index in [1.54, 1.807) is 4.90 Å². The Morgan fingerprint density at radius 3 is 2.29 bits per heavy atom. The number of piperazine rings is 1. The highest BCUT2D eigenvalue weighted by molar-refractivity contribution is 6.05. The standard InChI is InChI=1S/C20H21F3N6O5/c1-26-4-6-27(7-5-26)11-2-3-12(14(8-11)20(21,22)23)17(30)24-16-13-9-28(18(31)32)10-15(13)29(25-16)19(33)34/h2-3,8H,4-7,9-10H2,1H3,(H,31,32)(H,33,34)(H,24,25,30). The molecule has 2 amide bonds. The smallest absolute Gasteiger partial charge is 0.432 e. The molecule has 1 aromatic heterocycles. The minimum atomic E-state index is -4.82. The summed E-state index contributed by atoms with van der Waals surface area (Å²) in [6.07, 6.45) is -7.65. The molecule has 0 aliphatic carbocycles. The van der Waals surface area contributed by atoms with Gasteiger partial charge in [-0.2, -0.15) is 17.9 Å². The Hall–Kier alpha value is -3.81. The molecule has 182 valence electrons. The summed E-state index contributed by atoms with van der Waals surface area (Å²) in [6.45, 7) is 1.91. The Bertz CT molecular complexity index is 1160. The number of amides is 2. The van der Waals surface area contributed by atoms with Crippen molar-refractivity contribution in [1.82, 2.24) is 19.6 Å². The van der Waals surface area contributed by atoms with Gasteiger partial charge in [0.1, 0.15) is 0 Å². The molecule has 3 heterocycles. The molecule has 2 aliphatic rings. The number of carbonyl (C=O) groups excluding carboxylic acids is 1. The van der Waals surface area contributed by atoms with Crippen LogP contribution in [-0.2, 0) is 19.3 Å². The van der Waals surface area contributed by atoms with Gasteiger partial charge in [0.25, 0.3) is 5.91 Å². The van der Waals surface area contributed by atoms with E-state index in [9.17, 15) is 37.8 Å². The second-order valence-corrected chi connectivity index (χ2v) is 8.08. The van der Waals surface area contributed by atoms with Crippen LogP contribution in [0.4, 0.5) is 34.3 Å². The summed E-state index contributed by atoms with van der Waals surface area (Å²) in [5, 5.41) is 24.5. The van der Waals surface area contributed by atoms with E-state index in [0.717, 1.165) is 17.0 Å². The van der Waals surface area contributed by atoms with Gasteiger partial charge in [-0.25, -0.2) is 9.59 Å². The van der Waals surface area contributed by atoms with Crippen molar-refractivity contribution in [1.29, 1.82) is 0 Å². The fourth-order valence-electron chi connectivity index (χ4n) is 4.04. The molecule has 0 radical (unpaired) electrons. The largest absolute Gasteiger partial charge is 0.465 e. The summed E-state index contributed by atoms with van der Waals surface area (Å²) < 4.78 is 42.1. The summed E-state index contributed by atoms with van der Waals surface area (Å²) in [7, 11) is 1.92. The molecule has 2 aromatic rings. The second-order valence-electron chi connectivity index (χ2n) is 8.08. The molecule has 3 N–H and O–H groups in total. The first-order valence-corrected chi connectivity index (χ1v) is 10.2. The number of halogens is 3. The molecule has 0 spiro atoms. The summed E-state index contributed by atoms with van der Waals surface area (Å²) in [6, 6.07) is 3.43. The number of fused-ring (bicyclic) bond motifs is 1. The first kappa shape index (κ1) is 23.4. The molecular weight excluding hydrogens is 461 g/mol. The summed E-state index contributed by atoms with van der Waals surface area (Å²) in [5.41, 5.74) is -1.32. The van der Waals surface area contributed by atoms with Crippen LogP contribution in [0.2, 0.25) is 0 Å². The molecule has 11 nitrogen and oxygen atoms in total. The van der Waals surface area contributed by atoms with Crippen LogP contribution >= 0.6 is 0 Å². The Morgan fingerprint density at radius 1 is 1.03 bits per heavy atom. The number of carboxylic acid groups (broad SMARTS) is 2. The van der Waals surface area contributed by atoms with Gasteiger partial charge in [-0.1, -0.05) is 0 Å². The SMILES string of the molecule is CN1CCN(c2ccc(C(=O)Nc3nn(C(=O)O)c4c3CN(C(=O)O)C4)c(C(F)(F)F)c2)CC1. The lowest BCUT2D eigenvalue weighted by Crippen LogP contribution is -2.44. The number of aromatic nitrogens is 2. The minimum Gasteiger partial charge on any atom is -0.465 e. The van der Waals surface area contributed by atoms with Gasteiger partial charge in [-0.3, -0.25) is 9.69 Å². The van der Waals surface area contributed by atoms with Crippen LogP contribution < -0.4 is 10.2 Å². The molecule has 14 heteroatoms. The highest BCUT2D eigenvalue weighted by Crippen LogP contribution is 2.36. The molecular formula is C20H21F3N6O5. The number of hydrogen-bond acceptors (Lipinski definition) is 6. The number of nitrogens with zero attached hydrogens (tertiary/aromatic N) is 5. The number of hydrogen-bond donors (Lipinski definition) is 3. The molecule has 0 unspecified atom stereocenters. The number of rotatable bonds is 3. The molecule has 1 fully saturated rings. The Morgan fingerprint density at radius 2 is 1.71 bits per heavy atom. The van der Waals surface area contributed by atoms with Crippen molar-refractivity contribution in [3.8, 4) is 0 Å². The Kier molecular flexibility index (Phi) is 5.85. The quantitative estimate of drug-likeness (QED) is 0.608. The monoisotopic (exact) mass is 482 g/mol. The first-order chi connectivity index (χ1) is 16.0. The van der Waals surface area contributed by atoms with E-state index in [1.807, 2.05) is 7.05 Å². The van der Waals surface area contributed by atoms with Crippen molar-refractivity contribution < 1.29 is 37.8 Å². The van der Waals surface area contributed by atoms with Gasteiger partial charge in [0.15, 0.2) is 5.82 Å². The number of benzene rings is 1. The fraction of sp³-hybridized carbons (Fsp3) is 0.400. The zero-order chi connectivity index (χ0) is 24.8. The number of likely N-dealkylation sites (N-methyl/N-ethyl adjacent to an activating group) is 1. The van der Waals surface area contributed by atoms with Crippen molar-refractivity contribution in [3.63, 3.8) is 0 Å². The van der Waals surface area contributed by atoms with Gasteiger partial charge in [-0.15, -0.1) is 5.10 Å². The second kappa shape index (κ2) is 8.52. The van der Waals surface area contributed by atoms with Crippen molar-refractivity contribution in [2.24, 2.45) is 0 Å². The number of alkyl halides is 3. The minimum absolute atomic E-state index is 0.0201. The Balaban J connectivity index is 1.65. The molecule has 34 heavy (non-hydrogen) atoms. The first-order valence-electron chi connectivity index (χ1n) is 10.2. The van der Waals surface area contributed by atoms with Crippen molar-refractivity contribution in [2.45, 2.75) is 19.3 Å². The zero-order valence-electron chi connectivity index (χ0n) is 18.0. The molecule has 1 aromatic carbocycles. The maximum absolute atomic E-state index is 13.9. The number of carbonyl (C=O) groups is 3. The van der Waals surface area contributed by atoms with E-state index in [2.05, 4.69) is 15.3 Å². The van der Waals surface area contributed by atoms with Gasteiger partial charge in [0, 0.05) is 37.4 Å². The van der Waals surface area contributed by atoms with Crippen LogP contribution in [0.3, 0.4) is 0 Å². The van der Waals surface area contributed by atoms with Gasteiger partial charge in [-0.05, 0) is 25.2 Å². The lowest BCUT2D eigenvalue weighted by molar-refractivity contribution is -0.137. The number of nitrogens with one attached hydrogen (secondary N) is 1. The molecule has 1 saturated heterocycles. The van der Waals surface area contributed by atoms with Crippen LogP contribution in [0.5, 0.6) is 0 Å². The van der Waals surface area contributed by atoms with Crippen LogP contribution in [0.1, 0.15) is 27.2 Å². The summed E-state index contributed by atoms with van der Waals surface area (Å²) >= 11 is 0. The lowest BCUT2D eigenvalue weighted by atomic mass is 10.0. The van der Waals surface area contributed by atoms with E-state index in [-0.39, 0.29) is 30.2 Å². The van der Waals surface area contributed by atoms with Gasteiger partial charge in [0.2, 0.25) is 0 Å². The lowest BCUT2D eigenvalue weighted by Gasteiger charge is -2.34. The zero-order valence-corrected chi connectivity index (χ0v) is 18.0. The van der Waals surface area contributed by atoms with Crippen molar-refractivity contribution in [2.75, 3.05) is 43.4 Å². The van der Waals surface area contributed by atoms with E-state index in [0.29, 0.717) is 36.5 Å². The van der Waals surface area contributed by atoms with E-state index >= 15 is 0 Å².